The van der Waals surface area contributed by atoms with Crippen LogP contribution in [0.1, 0.15) is 6.92 Å². The van der Waals surface area contributed by atoms with Crippen molar-refractivity contribution in [2.45, 2.75) is 6.92 Å². The summed E-state index contributed by atoms with van der Waals surface area (Å²) in [4.78, 5) is 30.1. The minimum atomic E-state index is -1.18. The first-order valence-corrected chi connectivity index (χ1v) is 4.40. The van der Waals surface area contributed by atoms with Crippen molar-refractivity contribution in [2.24, 2.45) is 0 Å². The SMILES string of the molecule is C=CCOC(=O)/C=C/C(=O)O.C=COC(C)=O. The van der Waals surface area contributed by atoms with Gasteiger partial charge in [-0.2, -0.15) is 0 Å². The van der Waals surface area contributed by atoms with E-state index in [4.69, 9.17) is 5.11 Å². The Labute approximate surface area is 98.8 Å². The predicted molar refractivity (Wildman–Crippen MR) is 59.9 cm³/mol. The van der Waals surface area contributed by atoms with Gasteiger partial charge in [-0.25, -0.2) is 9.59 Å². The molecule has 0 aliphatic heterocycles. The molecule has 0 fully saturated rings. The largest absolute Gasteiger partial charge is 0.478 e. The van der Waals surface area contributed by atoms with Gasteiger partial charge in [0.1, 0.15) is 6.61 Å². The van der Waals surface area contributed by atoms with E-state index in [1.54, 1.807) is 0 Å². The van der Waals surface area contributed by atoms with Crippen molar-refractivity contribution >= 4 is 17.9 Å². The molecule has 0 heterocycles. The molecule has 0 aromatic rings. The highest BCUT2D eigenvalue weighted by atomic mass is 16.5. The molecule has 6 heteroatoms. The quantitative estimate of drug-likeness (QED) is 0.335. The Hall–Kier alpha value is -2.37. The van der Waals surface area contributed by atoms with Crippen LogP contribution in [-0.4, -0.2) is 29.6 Å². The predicted octanol–water partition coefficient (Wildman–Crippen LogP) is 1.05. The lowest BCUT2D eigenvalue weighted by molar-refractivity contribution is -0.137. The van der Waals surface area contributed by atoms with E-state index in [-0.39, 0.29) is 12.6 Å². The van der Waals surface area contributed by atoms with Crippen LogP contribution < -0.4 is 0 Å². The second-order valence-corrected chi connectivity index (χ2v) is 2.37. The van der Waals surface area contributed by atoms with Gasteiger partial charge in [0.25, 0.3) is 0 Å². The number of carbonyl (C=O) groups is 3. The number of ether oxygens (including phenoxy) is 2. The molecule has 6 nitrogen and oxygen atoms in total. The van der Waals surface area contributed by atoms with Gasteiger partial charge < -0.3 is 14.6 Å². The van der Waals surface area contributed by atoms with Crippen LogP contribution in [0.25, 0.3) is 0 Å². The number of hydrogen-bond donors (Lipinski definition) is 1. The third-order valence-corrected chi connectivity index (χ3v) is 0.955. The Bertz CT molecular complexity index is 316. The van der Waals surface area contributed by atoms with Crippen molar-refractivity contribution in [3.63, 3.8) is 0 Å². The number of carbonyl (C=O) groups excluding carboxylic acids is 2. The first-order chi connectivity index (χ1) is 7.93. The first kappa shape index (κ1) is 17.0. The van der Waals surface area contributed by atoms with Crippen molar-refractivity contribution in [1.29, 1.82) is 0 Å². The Morgan fingerprint density at radius 2 is 1.82 bits per heavy atom. The number of carboxylic acids is 1. The first-order valence-electron chi connectivity index (χ1n) is 4.40. The third kappa shape index (κ3) is 19.9. The van der Waals surface area contributed by atoms with E-state index in [0.717, 1.165) is 12.3 Å². The molecule has 0 aliphatic carbocycles. The molecule has 0 aliphatic rings. The lowest BCUT2D eigenvalue weighted by atomic mass is 10.5. The molecular weight excluding hydrogens is 228 g/mol. The molecule has 0 rings (SSSR count). The fourth-order valence-electron chi connectivity index (χ4n) is 0.446. The van der Waals surface area contributed by atoms with E-state index < -0.39 is 11.9 Å². The number of aliphatic carboxylic acids is 1. The summed E-state index contributed by atoms with van der Waals surface area (Å²) in [5.41, 5.74) is 0. The maximum Gasteiger partial charge on any atom is 0.331 e. The zero-order valence-corrected chi connectivity index (χ0v) is 9.42. The molecule has 1 N–H and O–H groups in total. The van der Waals surface area contributed by atoms with Crippen LogP contribution in [0.2, 0.25) is 0 Å². The van der Waals surface area contributed by atoms with E-state index in [1.807, 2.05) is 0 Å². The molecule has 0 saturated heterocycles. The molecule has 94 valence electrons. The standard InChI is InChI=1S/C7H8O4.C4H6O2/c1-2-5-11-7(10)4-3-6(8)9;1-3-6-4(2)5/h2-4H,1,5H2,(H,8,9);3H,1H2,2H3/b4-3+;. The molecule has 0 aromatic carbocycles. The van der Waals surface area contributed by atoms with Crippen LogP contribution in [0.4, 0.5) is 0 Å². The molecule has 0 aromatic heterocycles. The summed E-state index contributed by atoms with van der Waals surface area (Å²) in [6.07, 6.45) is 4.05. The van der Waals surface area contributed by atoms with E-state index in [1.165, 1.54) is 13.0 Å². The van der Waals surface area contributed by atoms with Gasteiger partial charge in [-0.05, 0) is 0 Å². The summed E-state index contributed by atoms with van der Waals surface area (Å²) in [5, 5.41) is 8.07. The van der Waals surface area contributed by atoms with E-state index in [9.17, 15) is 14.4 Å². The van der Waals surface area contributed by atoms with Crippen molar-refractivity contribution in [1.82, 2.24) is 0 Å². The molecule has 0 amide bonds. The molecule has 0 unspecified atom stereocenters. The number of esters is 2. The lowest BCUT2D eigenvalue weighted by Gasteiger charge is -1.93. The van der Waals surface area contributed by atoms with Gasteiger partial charge in [0, 0.05) is 19.1 Å². The Morgan fingerprint density at radius 3 is 2.12 bits per heavy atom. The summed E-state index contributed by atoms with van der Waals surface area (Å²) in [7, 11) is 0. The summed E-state index contributed by atoms with van der Waals surface area (Å²) in [5.74, 6) is -2.20. The molecule has 0 bridgehead atoms. The molecule has 0 atom stereocenters. The number of rotatable bonds is 5. The van der Waals surface area contributed by atoms with Gasteiger partial charge >= 0.3 is 17.9 Å². The highest BCUT2D eigenvalue weighted by molar-refractivity contribution is 5.90. The average molecular weight is 242 g/mol. The number of hydrogen-bond acceptors (Lipinski definition) is 5. The number of carboxylic acid groups (broad SMARTS) is 1. The van der Waals surface area contributed by atoms with E-state index >= 15 is 0 Å². The topological polar surface area (TPSA) is 89.9 Å². The molecule has 0 spiro atoms. The monoisotopic (exact) mass is 242 g/mol. The van der Waals surface area contributed by atoms with Crippen molar-refractivity contribution in [2.75, 3.05) is 6.61 Å². The Morgan fingerprint density at radius 1 is 1.24 bits per heavy atom. The van der Waals surface area contributed by atoms with Gasteiger partial charge in [0.05, 0.1) is 6.26 Å². The second-order valence-electron chi connectivity index (χ2n) is 2.37. The highest BCUT2D eigenvalue weighted by Gasteiger charge is 1.94. The van der Waals surface area contributed by atoms with Gasteiger partial charge in [0.15, 0.2) is 0 Å². The average Bonchev–Trinajstić information content (AvgIpc) is 2.24. The zero-order valence-electron chi connectivity index (χ0n) is 9.42. The van der Waals surface area contributed by atoms with Crippen molar-refractivity contribution < 1.29 is 29.0 Å². The molecule has 0 saturated carbocycles. The molecular formula is C11H14O6. The maximum absolute atomic E-state index is 10.5. The Kier molecular flexibility index (Phi) is 11.7. The van der Waals surface area contributed by atoms with Crippen molar-refractivity contribution in [3.05, 3.63) is 37.6 Å². The van der Waals surface area contributed by atoms with Gasteiger partial charge in [0.2, 0.25) is 0 Å². The normalized spacial score (nSPS) is 8.53. The Balaban J connectivity index is 0. The van der Waals surface area contributed by atoms with Crippen LogP contribution >= 0.6 is 0 Å². The van der Waals surface area contributed by atoms with Crippen LogP contribution in [0, 0.1) is 0 Å². The summed E-state index contributed by atoms with van der Waals surface area (Å²) in [6.45, 7) is 7.88. The lowest BCUT2D eigenvalue weighted by Crippen LogP contribution is -2.01. The molecule has 0 radical (unpaired) electrons. The third-order valence-electron chi connectivity index (χ3n) is 0.955. The molecule has 17 heavy (non-hydrogen) atoms. The maximum atomic E-state index is 10.5. The minimum absolute atomic E-state index is 0.0861. The van der Waals surface area contributed by atoms with Gasteiger partial charge in [-0.1, -0.05) is 19.2 Å². The highest BCUT2D eigenvalue weighted by Crippen LogP contribution is 1.81. The van der Waals surface area contributed by atoms with Crippen LogP contribution in [0.5, 0.6) is 0 Å². The fourth-order valence-corrected chi connectivity index (χ4v) is 0.446. The van der Waals surface area contributed by atoms with Crippen LogP contribution in [0.15, 0.2) is 37.6 Å². The summed E-state index contributed by atoms with van der Waals surface area (Å²) < 4.78 is 8.60. The minimum Gasteiger partial charge on any atom is -0.478 e. The van der Waals surface area contributed by atoms with Gasteiger partial charge in [-0.3, -0.25) is 4.79 Å². The van der Waals surface area contributed by atoms with E-state index in [2.05, 4.69) is 22.6 Å². The fraction of sp³-hybridized carbons (Fsp3) is 0.182. The smallest absolute Gasteiger partial charge is 0.331 e. The van der Waals surface area contributed by atoms with Crippen molar-refractivity contribution in [3.8, 4) is 0 Å². The van der Waals surface area contributed by atoms with Crippen LogP contribution in [-0.2, 0) is 23.9 Å². The van der Waals surface area contributed by atoms with Gasteiger partial charge in [-0.15, -0.1) is 0 Å². The van der Waals surface area contributed by atoms with Crippen LogP contribution in [0.3, 0.4) is 0 Å². The second kappa shape index (κ2) is 11.7. The van der Waals surface area contributed by atoms with E-state index in [0.29, 0.717) is 6.08 Å². The zero-order chi connectivity index (χ0) is 13.7. The summed E-state index contributed by atoms with van der Waals surface area (Å²) in [6, 6.07) is 0. The summed E-state index contributed by atoms with van der Waals surface area (Å²) >= 11 is 0.